The number of nitrogens with zero attached hydrogens (tertiary/aromatic N) is 1. The van der Waals surface area contributed by atoms with Gasteiger partial charge in [-0.15, -0.1) is 13.2 Å². The normalized spacial score (nSPS) is 11.1. The summed E-state index contributed by atoms with van der Waals surface area (Å²) in [5, 5.41) is 2.56. The Balaban J connectivity index is 1.74. The van der Waals surface area contributed by atoms with E-state index in [-0.39, 0.29) is 23.6 Å². The second-order valence-corrected chi connectivity index (χ2v) is 5.87. The number of nitrogens with two attached hydrogens (primary N) is 1. The van der Waals surface area contributed by atoms with Crippen molar-refractivity contribution >= 4 is 11.6 Å². The average Bonchev–Trinajstić information content (AvgIpc) is 2.66. The monoisotopic (exact) mass is 387 g/mol. The van der Waals surface area contributed by atoms with Crippen LogP contribution in [0.25, 0.3) is 11.3 Å². The summed E-state index contributed by atoms with van der Waals surface area (Å²) >= 11 is 0. The lowest BCUT2D eigenvalue weighted by Crippen LogP contribution is -2.25. The number of ether oxygens (including phenoxy) is 1. The van der Waals surface area contributed by atoms with Gasteiger partial charge in [-0.25, -0.2) is 4.98 Å². The summed E-state index contributed by atoms with van der Waals surface area (Å²) in [6.45, 7) is -0.144. The van der Waals surface area contributed by atoms with Crippen molar-refractivity contribution in [2.24, 2.45) is 0 Å². The molecule has 1 amide bonds. The molecular formula is C20H16F3N3O2. The zero-order chi connectivity index (χ0) is 20.1. The van der Waals surface area contributed by atoms with E-state index >= 15 is 0 Å². The Hall–Kier alpha value is -3.55. The fraction of sp³-hybridized carbons (Fsp3) is 0.100. The minimum absolute atomic E-state index is 0.133. The van der Waals surface area contributed by atoms with Crippen molar-refractivity contribution in [1.82, 2.24) is 10.3 Å². The van der Waals surface area contributed by atoms with Crippen LogP contribution in [0.3, 0.4) is 0 Å². The predicted molar refractivity (Wildman–Crippen MR) is 98.4 cm³/mol. The number of hydrogen-bond acceptors (Lipinski definition) is 4. The van der Waals surface area contributed by atoms with Crippen molar-refractivity contribution in [1.29, 1.82) is 0 Å². The zero-order valence-corrected chi connectivity index (χ0v) is 14.5. The molecule has 0 aliphatic carbocycles. The number of hydrogen-bond donors (Lipinski definition) is 2. The number of para-hydroxylation sites is 1. The number of amides is 1. The van der Waals surface area contributed by atoms with E-state index in [1.165, 1.54) is 24.3 Å². The van der Waals surface area contributed by atoms with Gasteiger partial charge < -0.3 is 15.8 Å². The van der Waals surface area contributed by atoms with Crippen LogP contribution < -0.4 is 15.8 Å². The Labute approximate surface area is 159 Å². The molecule has 0 fully saturated rings. The fourth-order valence-electron chi connectivity index (χ4n) is 2.56. The molecule has 0 spiro atoms. The highest BCUT2D eigenvalue weighted by Gasteiger charge is 2.32. The molecule has 0 unspecified atom stereocenters. The third-order valence-electron chi connectivity index (χ3n) is 3.80. The van der Waals surface area contributed by atoms with Crippen LogP contribution in [0.5, 0.6) is 5.75 Å². The Kier molecular flexibility index (Phi) is 5.49. The van der Waals surface area contributed by atoms with Crippen LogP contribution in [0.15, 0.2) is 66.7 Å². The van der Waals surface area contributed by atoms with E-state index in [0.717, 1.165) is 5.56 Å². The number of benzene rings is 2. The first kappa shape index (κ1) is 19.2. The Morgan fingerprint density at radius 3 is 2.54 bits per heavy atom. The molecule has 0 radical (unpaired) electrons. The maximum absolute atomic E-state index is 12.5. The first-order valence-electron chi connectivity index (χ1n) is 8.27. The van der Waals surface area contributed by atoms with Gasteiger partial charge >= 0.3 is 6.36 Å². The van der Waals surface area contributed by atoms with E-state index in [2.05, 4.69) is 15.0 Å². The highest BCUT2D eigenvalue weighted by molar-refractivity contribution is 5.92. The number of pyridine rings is 1. The van der Waals surface area contributed by atoms with Crippen LogP contribution in [0.2, 0.25) is 0 Å². The molecule has 3 rings (SSSR count). The summed E-state index contributed by atoms with van der Waals surface area (Å²) in [7, 11) is 0. The molecule has 0 aliphatic rings. The molecular weight excluding hydrogens is 371 g/mol. The molecule has 2 aromatic carbocycles. The number of halogens is 3. The molecule has 1 heterocycles. The van der Waals surface area contributed by atoms with E-state index in [9.17, 15) is 18.0 Å². The van der Waals surface area contributed by atoms with E-state index in [0.29, 0.717) is 11.4 Å². The second kappa shape index (κ2) is 7.99. The third kappa shape index (κ3) is 5.00. The summed E-state index contributed by atoms with van der Waals surface area (Å²) in [4.78, 5) is 16.7. The topological polar surface area (TPSA) is 77.2 Å². The predicted octanol–water partition coefficient (Wildman–Crippen LogP) is 4.16. The molecule has 3 aromatic rings. The van der Waals surface area contributed by atoms with Crippen LogP contribution in [-0.4, -0.2) is 17.3 Å². The number of anilines is 1. The molecule has 0 saturated heterocycles. The number of carbonyl (C=O) groups is 1. The second-order valence-electron chi connectivity index (χ2n) is 5.87. The zero-order valence-electron chi connectivity index (χ0n) is 14.5. The summed E-state index contributed by atoms with van der Waals surface area (Å²) in [5.74, 6) is -0.885. The molecule has 3 N–H and O–H groups in total. The van der Waals surface area contributed by atoms with Gasteiger partial charge in [-0.2, -0.15) is 0 Å². The largest absolute Gasteiger partial charge is 0.573 e. The lowest BCUT2D eigenvalue weighted by atomic mass is 10.1. The Morgan fingerprint density at radius 2 is 1.79 bits per heavy atom. The molecule has 28 heavy (non-hydrogen) atoms. The SMILES string of the molecule is Nc1cccc(-c2cccc(C(=O)NCc3ccccc3OC(F)(F)F)n2)c1. The van der Waals surface area contributed by atoms with Crippen molar-refractivity contribution in [3.05, 3.63) is 78.0 Å². The maximum atomic E-state index is 12.5. The van der Waals surface area contributed by atoms with Crippen LogP contribution in [0.1, 0.15) is 16.1 Å². The van der Waals surface area contributed by atoms with Gasteiger partial charge in [-0.05, 0) is 30.3 Å². The smallest absolute Gasteiger partial charge is 0.405 e. The van der Waals surface area contributed by atoms with Crippen molar-refractivity contribution in [3.8, 4) is 17.0 Å². The number of alkyl halides is 3. The van der Waals surface area contributed by atoms with Gasteiger partial charge in [0.05, 0.1) is 5.69 Å². The van der Waals surface area contributed by atoms with E-state index in [4.69, 9.17) is 5.73 Å². The lowest BCUT2D eigenvalue weighted by molar-refractivity contribution is -0.274. The quantitative estimate of drug-likeness (QED) is 0.645. The van der Waals surface area contributed by atoms with Gasteiger partial charge in [0, 0.05) is 23.4 Å². The molecule has 144 valence electrons. The first-order valence-corrected chi connectivity index (χ1v) is 8.27. The van der Waals surface area contributed by atoms with Gasteiger partial charge in [-0.3, -0.25) is 4.79 Å². The van der Waals surface area contributed by atoms with Gasteiger partial charge in [0.15, 0.2) is 0 Å². The van der Waals surface area contributed by atoms with E-state index in [1.807, 2.05) is 6.07 Å². The summed E-state index contributed by atoms with van der Waals surface area (Å²) in [6.07, 6.45) is -4.81. The number of carbonyl (C=O) groups excluding carboxylic acids is 1. The number of aromatic nitrogens is 1. The highest BCUT2D eigenvalue weighted by Crippen LogP contribution is 2.26. The van der Waals surface area contributed by atoms with Crippen molar-refractivity contribution < 1.29 is 22.7 Å². The number of nitrogens with one attached hydrogen (secondary N) is 1. The van der Waals surface area contributed by atoms with Crippen molar-refractivity contribution in [2.75, 3.05) is 5.73 Å². The van der Waals surface area contributed by atoms with Gasteiger partial charge in [0.1, 0.15) is 11.4 Å². The van der Waals surface area contributed by atoms with Crippen LogP contribution >= 0.6 is 0 Å². The summed E-state index contributed by atoms with van der Waals surface area (Å²) < 4.78 is 41.5. The van der Waals surface area contributed by atoms with Crippen molar-refractivity contribution in [2.45, 2.75) is 12.9 Å². The Bertz CT molecular complexity index is 990. The number of rotatable bonds is 5. The van der Waals surface area contributed by atoms with Crippen molar-refractivity contribution in [3.63, 3.8) is 0 Å². The molecule has 5 nitrogen and oxygen atoms in total. The maximum Gasteiger partial charge on any atom is 0.573 e. The third-order valence-corrected chi connectivity index (χ3v) is 3.80. The summed E-state index contributed by atoms with van der Waals surface area (Å²) in [6, 6.07) is 17.6. The highest BCUT2D eigenvalue weighted by atomic mass is 19.4. The van der Waals surface area contributed by atoms with Gasteiger partial charge in [-0.1, -0.05) is 36.4 Å². The molecule has 0 aliphatic heterocycles. The van der Waals surface area contributed by atoms with Crippen LogP contribution in [0, 0.1) is 0 Å². The molecule has 0 atom stereocenters. The van der Waals surface area contributed by atoms with Crippen LogP contribution in [0.4, 0.5) is 18.9 Å². The minimum Gasteiger partial charge on any atom is -0.405 e. The Morgan fingerprint density at radius 1 is 1.04 bits per heavy atom. The minimum atomic E-state index is -4.81. The first-order chi connectivity index (χ1) is 13.3. The molecule has 8 heteroatoms. The van der Waals surface area contributed by atoms with Crippen LogP contribution in [-0.2, 0) is 6.54 Å². The van der Waals surface area contributed by atoms with Gasteiger partial charge in [0.2, 0.25) is 0 Å². The standard InChI is InChI=1S/C20H16F3N3O2/c21-20(22,23)28-18-10-2-1-5-14(18)12-25-19(27)17-9-4-8-16(26-17)13-6-3-7-15(24)11-13/h1-11H,12,24H2,(H,25,27). The van der Waals surface area contributed by atoms with E-state index in [1.54, 1.807) is 36.4 Å². The average molecular weight is 387 g/mol. The van der Waals surface area contributed by atoms with Gasteiger partial charge in [0.25, 0.3) is 5.91 Å². The summed E-state index contributed by atoms with van der Waals surface area (Å²) in [5.41, 5.74) is 7.96. The number of nitrogen functional groups attached to an aromatic ring is 1. The molecule has 0 bridgehead atoms. The fourth-order valence-corrected chi connectivity index (χ4v) is 2.56. The molecule has 1 aromatic heterocycles. The lowest BCUT2D eigenvalue weighted by Gasteiger charge is -2.13. The van der Waals surface area contributed by atoms with E-state index < -0.39 is 12.3 Å². The molecule has 0 saturated carbocycles.